The number of hydrogen-bond acceptors (Lipinski definition) is 4. The van der Waals surface area contributed by atoms with E-state index in [1.165, 1.54) is 0 Å². The Balaban J connectivity index is 1.61. The third-order valence-corrected chi connectivity index (χ3v) is 5.27. The van der Waals surface area contributed by atoms with Crippen molar-refractivity contribution in [3.8, 4) is 0 Å². The third kappa shape index (κ3) is 5.57. The highest BCUT2D eigenvalue weighted by atomic mass is 16.2. The Bertz CT molecular complexity index is 813. The second kappa shape index (κ2) is 9.56. The highest BCUT2D eigenvalue weighted by Crippen LogP contribution is 2.19. The molecule has 6 heteroatoms. The zero-order chi connectivity index (χ0) is 20.8. The van der Waals surface area contributed by atoms with Crippen LogP contribution in [0.15, 0.2) is 54.6 Å². The highest BCUT2D eigenvalue weighted by Gasteiger charge is 2.24. The summed E-state index contributed by atoms with van der Waals surface area (Å²) in [5.41, 5.74) is 2.76. The average molecular weight is 395 g/mol. The maximum atomic E-state index is 12.7. The molecule has 6 nitrogen and oxygen atoms in total. The maximum absolute atomic E-state index is 12.7. The number of carbonyl (C=O) groups is 2. The topological polar surface area (TPSA) is 55.9 Å². The lowest BCUT2D eigenvalue weighted by Gasteiger charge is -2.34. The maximum Gasteiger partial charge on any atom is 0.313 e. The van der Waals surface area contributed by atoms with Crippen LogP contribution < -0.4 is 10.2 Å². The highest BCUT2D eigenvalue weighted by molar-refractivity contribution is 6.39. The van der Waals surface area contributed by atoms with Gasteiger partial charge in [-0.25, -0.2) is 0 Å². The van der Waals surface area contributed by atoms with Crippen LogP contribution in [0.1, 0.15) is 19.4 Å². The summed E-state index contributed by atoms with van der Waals surface area (Å²) in [5, 5.41) is 2.74. The van der Waals surface area contributed by atoms with Crippen molar-refractivity contribution in [2.75, 3.05) is 43.4 Å². The fourth-order valence-electron chi connectivity index (χ4n) is 3.40. The van der Waals surface area contributed by atoms with Crippen molar-refractivity contribution in [2.24, 2.45) is 0 Å². The van der Waals surface area contributed by atoms with Gasteiger partial charge in [-0.15, -0.1) is 0 Å². The summed E-state index contributed by atoms with van der Waals surface area (Å²) >= 11 is 0. The number of carbonyl (C=O) groups excluding carboxylic acids is 2. The standard InChI is InChI=1S/C23H30N4O2/c1-18(2)27(17-19-7-5-4-6-8-19)23(29)22(28)24-20-9-11-21(12-10-20)26-15-13-25(3)14-16-26/h4-12,18H,13-17H2,1-3H3,(H,24,28). The Labute approximate surface area is 173 Å². The molecular weight excluding hydrogens is 364 g/mol. The third-order valence-electron chi connectivity index (χ3n) is 5.27. The Morgan fingerprint density at radius 1 is 0.966 bits per heavy atom. The second-order valence-corrected chi connectivity index (χ2v) is 7.80. The Kier molecular flexibility index (Phi) is 6.88. The zero-order valence-corrected chi connectivity index (χ0v) is 17.5. The number of nitrogens with zero attached hydrogens (tertiary/aromatic N) is 3. The molecule has 2 aromatic carbocycles. The van der Waals surface area contributed by atoms with Crippen LogP contribution in [0.4, 0.5) is 11.4 Å². The molecule has 0 saturated carbocycles. The van der Waals surface area contributed by atoms with Gasteiger partial charge in [-0.1, -0.05) is 30.3 Å². The molecular formula is C23H30N4O2. The van der Waals surface area contributed by atoms with Gasteiger partial charge in [0.2, 0.25) is 0 Å². The summed E-state index contributed by atoms with van der Waals surface area (Å²) in [7, 11) is 2.13. The molecule has 1 aliphatic rings. The van der Waals surface area contributed by atoms with Crippen molar-refractivity contribution in [1.82, 2.24) is 9.80 Å². The molecule has 0 spiro atoms. The Hall–Kier alpha value is -2.86. The monoisotopic (exact) mass is 394 g/mol. The van der Waals surface area contributed by atoms with Gasteiger partial charge in [-0.3, -0.25) is 9.59 Å². The van der Waals surface area contributed by atoms with Gasteiger partial charge in [0.15, 0.2) is 0 Å². The van der Waals surface area contributed by atoms with Crippen LogP contribution >= 0.6 is 0 Å². The fraction of sp³-hybridized carbons (Fsp3) is 0.391. The summed E-state index contributed by atoms with van der Waals surface area (Å²) in [6.45, 7) is 8.30. The molecule has 29 heavy (non-hydrogen) atoms. The first-order valence-electron chi connectivity index (χ1n) is 10.1. The number of benzene rings is 2. The molecule has 0 aliphatic carbocycles. The number of amides is 2. The number of anilines is 2. The Morgan fingerprint density at radius 3 is 2.17 bits per heavy atom. The van der Waals surface area contributed by atoms with Gasteiger partial charge in [0.05, 0.1) is 0 Å². The van der Waals surface area contributed by atoms with E-state index in [0.29, 0.717) is 12.2 Å². The normalized spacial score (nSPS) is 14.7. The van der Waals surface area contributed by atoms with Gasteiger partial charge in [-0.2, -0.15) is 0 Å². The molecule has 0 bridgehead atoms. The van der Waals surface area contributed by atoms with Gasteiger partial charge < -0.3 is 20.0 Å². The van der Waals surface area contributed by atoms with Gasteiger partial charge in [-0.05, 0) is 50.7 Å². The molecule has 1 saturated heterocycles. The van der Waals surface area contributed by atoms with Crippen LogP contribution in [-0.2, 0) is 16.1 Å². The van der Waals surface area contributed by atoms with Crippen LogP contribution in [0, 0.1) is 0 Å². The second-order valence-electron chi connectivity index (χ2n) is 7.80. The molecule has 1 aliphatic heterocycles. The van der Waals surface area contributed by atoms with E-state index < -0.39 is 11.8 Å². The lowest BCUT2D eigenvalue weighted by Crippen LogP contribution is -2.44. The summed E-state index contributed by atoms with van der Waals surface area (Å²) < 4.78 is 0. The quantitative estimate of drug-likeness (QED) is 0.793. The first kappa shape index (κ1) is 20.9. The summed E-state index contributed by atoms with van der Waals surface area (Å²) in [6.07, 6.45) is 0. The smallest absolute Gasteiger partial charge is 0.313 e. The lowest BCUT2D eigenvalue weighted by atomic mass is 10.2. The molecule has 0 radical (unpaired) electrons. The van der Waals surface area contributed by atoms with Gasteiger partial charge >= 0.3 is 11.8 Å². The molecule has 0 unspecified atom stereocenters. The van der Waals surface area contributed by atoms with Gasteiger partial charge in [0.25, 0.3) is 0 Å². The van der Waals surface area contributed by atoms with E-state index in [1.54, 1.807) is 4.90 Å². The molecule has 3 rings (SSSR count). The largest absolute Gasteiger partial charge is 0.369 e. The number of rotatable bonds is 5. The molecule has 1 heterocycles. The van der Waals surface area contributed by atoms with Crippen molar-refractivity contribution in [2.45, 2.75) is 26.4 Å². The molecule has 1 N–H and O–H groups in total. The average Bonchev–Trinajstić information content (AvgIpc) is 2.73. The summed E-state index contributed by atoms with van der Waals surface area (Å²) in [5.74, 6) is -1.13. The van der Waals surface area contributed by atoms with Crippen molar-refractivity contribution in [3.63, 3.8) is 0 Å². The minimum atomic E-state index is -0.609. The van der Waals surface area contributed by atoms with Crippen LogP contribution in [0.25, 0.3) is 0 Å². The first-order valence-corrected chi connectivity index (χ1v) is 10.1. The zero-order valence-electron chi connectivity index (χ0n) is 17.5. The SMILES string of the molecule is CC(C)N(Cc1ccccc1)C(=O)C(=O)Nc1ccc(N2CCN(C)CC2)cc1. The van der Waals surface area contributed by atoms with Crippen molar-refractivity contribution >= 4 is 23.2 Å². The van der Waals surface area contributed by atoms with Gasteiger partial charge in [0.1, 0.15) is 0 Å². The molecule has 1 fully saturated rings. The van der Waals surface area contributed by atoms with Crippen LogP contribution in [0.3, 0.4) is 0 Å². The van der Waals surface area contributed by atoms with E-state index in [2.05, 4.69) is 22.2 Å². The van der Waals surface area contributed by atoms with E-state index in [4.69, 9.17) is 0 Å². The summed E-state index contributed by atoms with van der Waals surface area (Å²) in [6, 6.07) is 17.3. The number of hydrogen-bond donors (Lipinski definition) is 1. The lowest BCUT2D eigenvalue weighted by molar-refractivity contribution is -0.144. The van der Waals surface area contributed by atoms with Crippen molar-refractivity contribution in [1.29, 1.82) is 0 Å². The molecule has 2 amide bonds. The van der Waals surface area contributed by atoms with E-state index in [-0.39, 0.29) is 6.04 Å². The van der Waals surface area contributed by atoms with E-state index in [1.807, 2.05) is 68.4 Å². The predicted molar refractivity (Wildman–Crippen MR) is 117 cm³/mol. The minimum Gasteiger partial charge on any atom is -0.369 e. The van der Waals surface area contributed by atoms with E-state index in [9.17, 15) is 9.59 Å². The van der Waals surface area contributed by atoms with E-state index >= 15 is 0 Å². The fourth-order valence-corrected chi connectivity index (χ4v) is 3.40. The number of likely N-dealkylation sites (N-methyl/N-ethyl adjacent to an activating group) is 1. The molecule has 0 atom stereocenters. The van der Waals surface area contributed by atoms with Gasteiger partial charge in [0, 0.05) is 50.1 Å². The van der Waals surface area contributed by atoms with Crippen LogP contribution in [-0.4, -0.2) is 60.9 Å². The number of piperazine rings is 1. The van der Waals surface area contributed by atoms with Crippen molar-refractivity contribution in [3.05, 3.63) is 60.2 Å². The summed E-state index contributed by atoms with van der Waals surface area (Å²) in [4.78, 5) is 31.5. The first-order chi connectivity index (χ1) is 13.9. The molecule has 0 aromatic heterocycles. The van der Waals surface area contributed by atoms with Crippen molar-refractivity contribution < 1.29 is 9.59 Å². The van der Waals surface area contributed by atoms with Crippen LogP contribution in [0.5, 0.6) is 0 Å². The number of nitrogens with one attached hydrogen (secondary N) is 1. The van der Waals surface area contributed by atoms with E-state index in [0.717, 1.165) is 37.4 Å². The predicted octanol–water partition coefficient (Wildman–Crippen LogP) is 2.81. The van der Waals surface area contributed by atoms with Crippen LogP contribution in [0.2, 0.25) is 0 Å². The Morgan fingerprint density at radius 2 is 1.59 bits per heavy atom. The minimum absolute atomic E-state index is 0.0759. The molecule has 154 valence electrons. The molecule has 2 aromatic rings.